The summed E-state index contributed by atoms with van der Waals surface area (Å²) >= 11 is 0. The van der Waals surface area contributed by atoms with Gasteiger partial charge in [-0.05, 0) is 38.7 Å². The lowest BCUT2D eigenvalue weighted by Crippen LogP contribution is -2.57. The van der Waals surface area contributed by atoms with E-state index < -0.39 is 15.9 Å². The molecule has 1 aromatic carbocycles. The van der Waals surface area contributed by atoms with Crippen LogP contribution in [0.4, 0.5) is 0 Å². The molecule has 3 amide bonds. The number of aromatic nitrogens is 2. The van der Waals surface area contributed by atoms with Crippen LogP contribution < -0.4 is 0 Å². The van der Waals surface area contributed by atoms with E-state index in [-0.39, 0.29) is 55.3 Å². The number of amides is 3. The number of piperidine rings is 1. The van der Waals surface area contributed by atoms with Crippen LogP contribution in [0.2, 0.25) is 0 Å². The van der Waals surface area contributed by atoms with Gasteiger partial charge in [0.2, 0.25) is 27.7 Å². The Labute approximate surface area is 199 Å². The number of sulfonamides is 1. The van der Waals surface area contributed by atoms with Crippen molar-refractivity contribution < 1.29 is 22.8 Å². The zero-order valence-electron chi connectivity index (χ0n) is 19.4. The molecule has 0 spiro atoms. The van der Waals surface area contributed by atoms with Crippen molar-refractivity contribution in [3.63, 3.8) is 0 Å². The van der Waals surface area contributed by atoms with Crippen molar-refractivity contribution >= 4 is 27.7 Å². The summed E-state index contributed by atoms with van der Waals surface area (Å²) in [5, 5.41) is 6.67. The number of piperazine rings is 1. The lowest BCUT2D eigenvalue weighted by molar-refractivity contribution is -0.158. The van der Waals surface area contributed by atoms with Crippen LogP contribution in [0.5, 0.6) is 0 Å². The number of benzene rings is 1. The van der Waals surface area contributed by atoms with Gasteiger partial charge in [-0.25, -0.2) is 8.42 Å². The molecule has 2 saturated heterocycles. The number of aromatic amines is 1. The first kappa shape index (κ1) is 24.1. The number of nitrogens with zero attached hydrogens (tertiary/aromatic N) is 4. The standard InChI is InChI=1S/C23H29N5O5S/c1-16-22(17(2)25-24-16)34(32,33)27-11-9-19(10-12-27)23(31)26-14-20(29)28(21(30)15-26)13-8-18-6-4-3-5-7-18/h3-7,19H,8-15H2,1-2H3,(H,24,25). The van der Waals surface area contributed by atoms with Crippen LogP contribution in [0, 0.1) is 19.8 Å². The normalized spacial score (nSPS) is 18.5. The predicted molar refractivity (Wildman–Crippen MR) is 123 cm³/mol. The Balaban J connectivity index is 1.33. The van der Waals surface area contributed by atoms with Crippen molar-refractivity contribution in [3.05, 3.63) is 47.3 Å². The van der Waals surface area contributed by atoms with E-state index in [0.29, 0.717) is 30.7 Å². The van der Waals surface area contributed by atoms with Crippen LogP contribution >= 0.6 is 0 Å². The monoisotopic (exact) mass is 487 g/mol. The molecule has 0 saturated carbocycles. The highest BCUT2D eigenvalue weighted by Crippen LogP contribution is 2.28. The highest BCUT2D eigenvalue weighted by molar-refractivity contribution is 7.89. The van der Waals surface area contributed by atoms with Crippen LogP contribution in [-0.4, -0.2) is 83.2 Å². The minimum Gasteiger partial charge on any atom is -0.324 e. The minimum atomic E-state index is -3.71. The number of hydrogen-bond acceptors (Lipinski definition) is 6. The molecule has 0 unspecified atom stereocenters. The van der Waals surface area contributed by atoms with Crippen molar-refractivity contribution in [3.8, 4) is 0 Å². The predicted octanol–water partition coefficient (Wildman–Crippen LogP) is 0.867. The van der Waals surface area contributed by atoms with Gasteiger partial charge < -0.3 is 4.90 Å². The lowest BCUT2D eigenvalue weighted by atomic mass is 9.96. The number of carbonyl (C=O) groups excluding carboxylic acids is 3. The summed E-state index contributed by atoms with van der Waals surface area (Å²) in [6.07, 6.45) is 1.24. The lowest BCUT2D eigenvalue weighted by Gasteiger charge is -2.37. The summed E-state index contributed by atoms with van der Waals surface area (Å²) in [6.45, 7) is 3.71. The molecule has 2 aliphatic rings. The molecule has 2 aliphatic heterocycles. The van der Waals surface area contributed by atoms with Gasteiger partial charge in [0.1, 0.15) is 18.0 Å². The summed E-state index contributed by atoms with van der Waals surface area (Å²) in [5.74, 6) is -1.45. The van der Waals surface area contributed by atoms with Gasteiger partial charge in [0.15, 0.2) is 0 Å². The number of carbonyl (C=O) groups is 3. The van der Waals surface area contributed by atoms with Gasteiger partial charge in [0.25, 0.3) is 0 Å². The average molecular weight is 488 g/mol. The number of imide groups is 1. The largest absolute Gasteiger partial charge is 0.324 e. The second kappa shape index (κ2) is 9.67. The van der Waals surface area contributed by atoms with Gasteiger partial charge in [0.05, 0.1) is 11.4 Å². The van der Waals surface area contributed by atoms with E-state index in [1.54, 1.807) is 13.8 Å². The molecule has 10 nitrogen and oxygen atoms in total. The summed E-state index contributed by atoms with van der Waals surface area (Å²) in [5.41, 5.74) is 1.93. The second-order valence-corrected chi connectivity index (χ2v) is 10.7. The third-order valence-electron chi connectivity index (χ3n) is 6.49. The molecule has 182 valence electrons. The molecule has 3 heterocycles. The van der Waals surface area contributed by atoms with E-state index in [9.17, 15) is 22.8 Å². The van der Waals surface area contributed by atoms with Crippen LogP contribution in [0.25, 0.3) is 0 Å². The van der Waals surface area contributed by atoms with Gasteiger partial charge in [0, 0.05) is 25.6 Å². The van der Waals surface area contributed by atoms with E-state index in [1.165, 1.54) is 14.1 Å². The molecule has 2 fully saturated rings. The van der Waals surface area contributed by atoms with Crippen LogP contribution in [0.3, 0.4) is 0 Å². The van der Waals surface area contributed by atoms with Crippen molar-refractivity contribution in [1.29, 1.82) is 0 Å². The fourth-order valence-corrected chi connectivity index (χ4v) is 6.44. The molecule has 1 aromatic heterocycles. The number of H-pyrrole nitrogens is 1. The van der Waals surface area contributed by atoms with E-state index in [1.807, 2.05) is 30.3 Å². The fourth-order valence-electron chi connectivity index (χ4n) is 4.63. The fraction of sp³-hybridized carbons (Fsp3) is 0.478. The first-order valence-corrected chi connectivity index (χ1v) is 12.8. The van der Waals surface area contributed by atoms with Crippen molar-refractivity contribution in [2.45, 2.75) is 38.0 Å². The summed E-state index contributed by atoms with van der Waals surface area (Å²) < 4.78 is 27.4. The van der Waals surface area contributed by atoms with Crippen LogP contribution in [-0.2, 0) is 30.8 Å². The maximum atomic E-state index is 13.0. The zero-order chi connectivity index (χ0) is 24.5. The Morgan fingerprint density at radius 3 is 2.24 bits per heavy atom. The molecule has 11 heteroatoms. The number of nitrogens with one attached hydrogen (secondary N) is 1. The van der Waals surface area contributed by atoms with Gasteiger partial charge in [-0.3, -0.25) is 24.4 Å². The molecular formula is C23H29N5O5S. The number of aryl methyl sites for hydroxylation is 2. The van der Waals surface area contributed by atoms with E-state index in [2.05, 4.69) is 10.2 Å². The molecule has 4 rings (SSSR count). The molecule has 34 heavy (non-hydrogen) atoms. The highest BCUT2D eigenvalue weighted by Gasteiger charge is 2.39. The Kier molecular flexibility index (Phi) is 6.85. The Morgan fingerprint density at radius 2 is 1.68 bits per heavy atom. The molecule has 0 atom stereocenters. The van der Waals surface area contributed by atoms with E-state index in [0.717, 1.165) is 5.56 Å². The first-order valence-electron chi connectivity index (χ1n) is 11.4. The smallest absolute Gasteiger partial charge is 0.248 e. The van der Waals surface area contributed by atoms with Crippen LogP contribution in [0.1, 0.15) is 29.8 Å². The zero-order valence-corrected chi connectivity index (χ0v) is 20.2. The van der Waals surface area contributed by atoms with Gasteiger partial charge >= 0.3 is 0 Å². The topological polar surface area (TPSA) is 124 Å². The summed E-state index contributed by atoms with van der Waals surface area (Å²) in [4.78, 5) is 41.0. The SMILES string of the molecule is Cc1n[nH]c(C)c1S(=O)(=O)N1CCC(C(=O)N2CC(=O)N(CCc3ccccc3)C(=O)C2)CC1. The van der Waals surface area contributed by atoms with Crippen molar-refractivity contribution in [2.24, 2.45) is 5.92 Å². The molecule has 0 radical (unpaired) electrons. The van der Waals surface area contributed by atoms with Crippen LogP contribution in [0.15, 0.2) is 35.2 Å². The molecule has 2 aromatic rings. The molecule has 1 N–H and O–H groups in total. The van der Waals surface area contributed by atoms with Crippen molar-refractivity contribution in [1.82, 2.24) is 24.3 Å². The third kappa shape index (κ3) is 4.76. The molecule has 0 bridgehead atoms. The Bertz CT molecular complexity index is 1150. The second-order valence-electron chi connectivity index (χ2n) is 8.81. The maximum absolute atomic E-state index is 13.0. The minimum absolute atomic E-state index is 0.134. The average Bonchev–Trinajstić information content (AvgIpc) is 3.17. The molecule has 0 aliphatic carbocycles. The van der Waals surface area contributed by atoms with Gasteiger partial charge in [-0.2, -0.15) is 9.40 Å². The van der Waals surface area contributed by atoms with E-state index in [4.69, 9.17) is 0 Å². The quantitative estimate of drug-likeness (QED) is 0.603. The number of hydrogen-bond donors (Lipinski definition) is 1. The van der Waals surface area contributed by atoms with E-state index >= 15 is 0 Å². The third-order valence-corrected chi connectivity index (χ3v) is 8.66. The maximum Gasteiger partial charge on any atom is 0.248 e. The summed E-state index contributed by atoms with van der Waals surface area (Å²) in [6, 6.07) is 9.60. The summed E-state index contributed by atoms with van der Waals surface area (Å²) in [7, 11) is -3.71. The Morgan fingerprint density at radius 1 is 1.06 bits per heavy atom. The first-order chi connectivity index (χ1) is 16.2. The van der Waals surface area contributed by atoms with Gasteiger partial charge in [-0.1, -0.05) is 30.3 Å². The highest BCUT2D eigenvalue weighted by atomic mass is 32.2. The number of rotatable bonds is 6. The Hall–Kier alpha value is -3.05. The van der Waals surface area contributed by atoms with Gasteiger partial charge in [-0.15, -0.1) is 0 Å². The molecular weight excluding hydrogens is 458 g/mol. The van der Waals surface area contributed by atoms with Crippen molar-refractivity contribution in [2.75, 3.05) is 32.7 Å².